The summed E-state index contributed by atoms with van der Waals surface area (Å²) in [6, 6.07) is 13.5. The molecule has 1 saturated heterocycles. The second kappa shape index (κ2) is 6.04. The predicted octanol–water partition coefficient (Wildman–Crippen LogP) is 3.87. The number of hydrogen-bond acceptors (Lipinski definition) is 2. The summed E-state index contributed by atoms with van der Waals surface area (Å²) in [5.41, 5.74) is 1.37. The summed E-state index contributed by atoms with van der Waals surface area (Å²) < 4.78 is 6.56. The Labute approximate surface area is 122 Å². The summed E-state index contributed by atoms with van der Waals surface area (Å²) in [5.74, 6) is 0. The fraction of sp³-hybridized carbons (Fsp3) is 0.375. The van der Waals surface area contributed by atoms with E-state index in [1.807, 2.05) is 0 Å². The summed E-state index contributed by atoms with van der Waals surface area (Å²) in [4.78, 5) is 0. The lowest BCUT2D eigenvalue weighted by atomic mass is 10.0. The smallest absolute Gasteiger partial charge is 0.0480 e. The Balaban J connectivity index is 1.79. The Morgan fingerprint density at radius 3 is 2.58 bits per heavy atom. The molecule has 2 nitrogen and oxygen atoms in total. The Morgan fingerprint density at radius 1 is 1.05 bits per heavy atom. The predicted molar refractivity (Wildman–Crippen MR) is 82.3 cm³/mol. The second-order valence-electron chi connectivity index (χ2n) is 5.02. The maximum absolute atomic E-state index is 5.39. The van der Waals surface area contributed by atoms with Crippen molar-refractivity contribution in [2.24, 2.45) is 0 Å². The third kappa shape index (κ3) is 2.99. The van der Waals surface area contributed by atoms with Gasteiger partial charge < -0.3 is 10.1 Å². The van der Waals surface area contributed by atoms with Gasteiger partial charge in [0, 0.05) is 30.3 Å². The highest BCUT2D eigenvalue weighted by atomic mass is 79.9. The molecule has 2 aromatic rings. The van der Waals surface area contributed by atoms with Crippen molar-refractivity contribution in [1.29, 1.82) is 0 Å². The molecular formula is C16H18BrNO. The van der Waals surface area contributed by atoms with Gasteiger partial charge in [-0.25, -0.2) is 0 Å². The summed E-state index contributed by atoms with van der Waals surface area (Å²) in [6.45, 7) is 2.70. The van der Waals surface area contributed by atoms with Crippen molar-refractivity contribution in [2.75, 3.05) is 13.2 Å². The monoisotopic (exact) mass is 319 g/mol. The lowest BCUT2D eigenvalue weighted by Gasteiger charge is -2.23. The number of halogens is 1. The molecule has 100 valence electrons. The topological polar surface area (TPSA) is 21.3 Å². The maximum Gasteiger partial charge on any atom is 0.0480 e. The molecule has 1 aliphatic rings. The molecule has 0 amide bonds. The van der Waals surface area contributed by atoms with Crippen LogP contribution < -0.4 is 5.32 Å². The minimum atomic E-state index is 0.594. The minimum absolute atomic E-state index is 0.594. The van der Waals surface area contributed by atoms with Gasteiger partial charge in [0.15, 0.2) is 0 Å². The van der Waals surface area contributed by atoms with Gasteiger partial charge in [0.2, 0.25) is 0 Å². The van der Waals surface area contributed by atoms with Crippen LogP contribution >= 0.6 is 15.9 Å². The largest absolute Gasteiger partial charge is 0.381 e. The van der Waals surface area contributed by atoms with E-state index in [4.69, 9.17) is 4.74 Å². The van der Waals surface area contributed by atoms with Crippen LogP contribution in [0.3, 0.4) is 0 Å². The van der Waals surface area contributed by atoms with Crippen LogP contribution in [0.5, 0.6) is 0 Å². The van der Waals surface area contributed by atoms with Crippen LogP contribution in [0.25, 0.3) is 10.8 Å². The van der Waals surface area contributed by atoms with Gasteiger partial charge in [-0.2, -0.15) is 0 Å². The molecule has 0 aromatic heterocycles. The first-order chi connectivity index (χ1) is 9.34. The number of benzene rings is 2. The van der Waals surface area contributed by atoms with Crippen LogP contribution in [0.15, 0.2) is 40.9 Å². The average molecular weight is 320 g/mol. The van der Waals surface area contributed by atoms with Crippen LogP contribution in [0.2, 0.25) is 0 Å². The van der Waals surface area contributed by atoms with E-state index in [1.165, 1.54) is 16.3 Å². The molecule has 1 aliphatic heterocycles. The first-order valence-corrected chi connectivity index (χ1v) is 7.61. The molecule has 1 N–H and O–H groups in total. The molecule has 0 radical (unpaired) electrons. The van der Waals surface area contributed by atoms with Gasteiger partial charge in [-0.05, 0) is 35.2 Å². The number of fused-ring (bicyclic) bond motifs is 1. The maximum atomic E-state index is 5.39. The van der Waals surface area contributed by atoms with Gasteiger partial charge in [0.1, 0.15) is 0 Å². The van der Waals surface area contributed by atoms with Crippen molar-refractivity contribution in [3.63, 3.8) is 0 Å². The zero-order chi connectivity index (χ0) is 13.1. The number of hydrogen-bond donors (Lipinski definition) is 1. The first kappa shape index (κ1) is 13.1. The zero-order valence-corrected chi connectivity index (χ0v) is 12.4. The Bertz CT molecular complexity index is 564. The molecule has 0 bridgehead atoms. The Morgan fingerprint density at radius 2 is 1.79 bits per heavy atom. The molecule has 0 spiro atoms. The number of rotatable bonds is 3. The lowest BCUT2D eigenvalue weighted by Crippen LogP contribution is -2.34. The van der Waals surface area contributed by atoms with Crippen LogP contribution in [0.4, 0.5) is 0 Å². The molecule has 0 aliphatic carbocycles. The van der Waals surface area contributed by atoms with Crippen molar-refractivity contribution in [3.05, 3.63) is 46.4 Å². The lowest BCUT2D eigenvalue weighted by molar-refractivity contribution is 0.0776. The first-order valence-electron chi connectivity index (χ1n) is 6.82. The van der Waals surface area contributed by atoms with E-state index in [2.05, 4.69) is 57.6 Å². The molecule has 3 rings (SSSR count). The highest BCUT2D eigenvalue weighted by Crippen LogP contribution is 2.26. The molecule has 3 heteroatoms. The van der Waals surface area contributed by atoms with Gasteiger partial charge in [-0.15, -0.1) is 0 Å². The van der Waals surface area contributed by atoms with Crippen molar-refractivity contribution >= 4 is 26.7 Å². The number of nitrogens with one attached hydrogen (secondary N) is 1. The molecule has 1 fully saturated rings. The molecular weight excluding hydrogens is 302 g/mol. The van der Waals surface area contributed by atoms with E-state index in [0.717, 1.165) is 37.1 Å². The Hall–Kier alpha value is -0.900. The summed E-state index contributed by atoms with van der Waals surface area (Å²) in [7, 11) is 0. The van der Waals surface area contributed by atoms with Gasteiger partial charge >= 0.3 is 0 Å². The average Bonchev–Trinajstić information content (AvgIpc) is 2.48. The standard InChI is InChI=1S/C16H18BrNO/c17-16-6-5-12(14-3-1-2-4-15(14)16)11-18-13-7-9-19-10-8-13/h1-6,13,18H,7-11H2. The van der Waals surface area contributed by atoms with Crippen LogP contribution in [0.1, 0.15) is 18.4 Å². The summed E-state index contributed by atoms with van der Waals surface area (Å²) in [6.07, 6.45) is 2.24. The van der Waals surface area contributed by atoms with E-state index in [1.54, 1.807) is 0 Å². The van der Waals surface area contributed by atoms with Gasteiger partial charge in [-0.1, -0.05) is 46.3 Å². The van der Waals surface area contributed by atoms with Crippen LogP contribution in [-0.2, 0) is 11.3 Å². The van der Waals surface area contributed by atoms with Crippen molar-refractivity contribution in [1.82, 2.24) is 5.32 Å². The highest BCUT2D eigenvalue weighted by Gasteiger charge is 2.13. The van der Waals surface area contributed by atoms with Gasteiger partial charge in [-0.3, -0.25) is 0 Å². The summed E-state index contributed by atoms with van der Waals surface area (Å²) in [5, 5.41) is 6.27. The molecule has 0 atom stereocenters. The molecule has 0 unspecified atom stereocenters. The van der Waals surface area contributed by atoms with Gasteiger partial charge in [0.25, 0.3) is 0 Å². The quantitative estimate of drug-likeness (QED) is 0.927. The zero-order valence-electron chi connectivity index (χ0n) is 10.9. The molecule has 0 saturated carbocycles. The molecule has 2 aromatic carbocycles. The normalized spacial score (nSPS) is 16.9. The highest BCUT2D eigenvalue weighted by molar-refractivity contribution is 9.10. The third-order valence-corrected chi connectivity index (χ3v) is 4.46. The van der Waals surface area contributed by atoms with Gasteiger partial charge in [0.05, 0.1) is 0 Å². The molecule has 19 heavy (non-hydrogen) atoms. The van der Waals surface area contributed by atoms with Crippen LogP contribution in [-0.4, -0.2) is 19.3 Å². The fourth-order valence-electron chi connectivity index (χ4n) is 2.63. The SMILES string of the molecule is Brc1ccc(CNC2CCOCC2)c2ccccc12. The van der Waals surface area contributed by atoms with Crippen LogP contribution in [0, 0.1) is 0 Å². The fourth-order valence-corrected chi connectivity index (χ4v) is 3.11. The second-order valence-corrected chi connectivity index (χ2v) is 5.87. The Kier molecular flexibility index (Phi) is 4.16. The van der Waals surface area contributed by atoms with Crippen molar-refractivity contribution < 1.29 is 4.74 Å². The van der Waals surface area contributed by atoms with Crippen molar-refractivity contribution in [2.45, 2.75) is 25.4 Å². The summed E-state index contributed by atoms with van der Waals surface area (Å²) >= 11 is 3.62. The molecule has 1 heterocycles. The van der Waals surface area contributed by atoms with E-state index in [0.29, 0.717) is 6.04 Å². The van der Waals surface area contributed by atoms with E-state index >= 15 is 0 Å². The van der Waals surface area contributed by atoms with E-state index in [9.17, 15) is 0 Å². The van der Waals surface area contributed by atoms with E-state index in [-0.39, 0.29) is 0 Å². The third-order valence-electron chi connectivity index (χ3n) is 3.76. The van der Waals surface area contributed by atoms with E-state index < -0.39 is 0 Å². The van der Waals surface area contributed by atoms with Crippen molar-refractivity contribution in [3.8, 4) is 0 Å². The minimum Gasteiger partial charge on any atom is -0.381 e. The number of ether oxygens (including phenoxy) is 1.